The fourth-order valence-electron chi connectivity index (χ4n) is 4.48. The molecule has 4 heterocycles. The molecule has 3 saturated heterocycles. The molecular formula is C19H19N3O4. The molecule has 0 aliphatic carbocycles. The van der Waals surface area contributed by atoms with Crippen LogP contribution in [0.1, 0.15) is 18.4 Å². The molecule has 7 heteroatoms. The summed E-state index contributed by atoms with van der Waals surface area (Å²) in [4.78, 5) is 26.9. The minimum atomic E-state index is -0.317. The van der Waals surface area contributed by atoms with Gasteiger partial charge in [-0.05, 0) is 30.5 Å². The van der Waals surface area contributed by atoms with Crippen LogP contribution >= 0.6 is 0 Å². The molecule has 3 fully saturated rings. The quantitative estimate of drug-likeness (QED) is 0.781. The summed E-state index contributed by atoms with van der Waals surface area (Å²) in [5.74, 6) is -0.143. The molecule has 1 aromatic heterocycles. The smallest absolute Gasteiger partial charge is 0.240 e. The molecule has 0 saturated carbocycles. The molecule has 1 aromatic carbocycles. The molecule has 2 amide bonds. The number of methoxy groups -OCH3 is 1. The first-order chi connectivity index (χ1) is 12.7. The van der Waals surface area contributed by atoms with Gasteiger partial charge in [-0.2, -0.15) is 5.10 Å². The topological polar surface area (TPSA) is 73.7 Å². The van der Waals surface area contributed by atoms with Gasteiger partial charge < -0.3 is 9.47 Å². The van der Waals surface area contributed by atoms with Crippen LogP contribution < -0.4 is 9.64 Å². The SMILES string of the molecule is COc1cccc(Cn2cc(N3C(=O)[C@@H]4[C@H](C3=O)[C@H]3CC[C@H]4O3)cn2)c1. The van der Waals surface area contributed by atoms with Gasteiger partial charge >= 0.3 is 0 Å². The van der Waals surface area contributed by atoms with E-state index >= 15 is 0 Å². The van der Waals surface area contributed by atoms with Crippen LogP contribution in [0.5, 0.6) is 5.75 Å². The number of ether oxygens (including phenoxy) is 2. The lowest BCUT2D eigenvalue weighted by Crippen LogP contribution is -2.33. The van der Waals surface area contributed by atoms with Crippen LogP contribution in [0.2, 0.25) is 0 Å². The number of rotatable bonds is 4. The van der Waals surface area contributed by atoms with Gasteiger partial charge in [0.25, 0.3) is 0 Å². The van der Waals surface area contributed by atoms with Gasteiger partial charge in [-0.25, -0.2) is 4.90 Å². The van der Waals surface area contributed by atoms with Gasteiger partial charge in [0, 0.05) is 6.20 Å². The fourth-order valence-corrected chi connectivity index (χ4v) is 4.48. The van der Waals surface area contributed by atoms with Crippen LogP contribution in [-0.2, 0) is 20.9 Å². The Morgan fingerprint density at radius 1 is 1.19 bits per heavy atom. The highest BCUT2D eigenvalue weighted by molar-refractivity contribution is 6.22. The largest absolute Gasteiger partial charge is 0.497 e. The molecule has 3 aliphatic heterocycles. The number of nitrogens with zero attached hydrogens (tertiary/aromatic N) is 3. The second-order valence-electron chi connectivity index (χ2n) is 7.10. The Kier molecular flexibility index (Phi) is 3.40. The summed E-state index contributed by atoms with van der Waals surface area (Å²) < 4.78 is 12.7. The average Bonchev–Trinajstić information content (AvgIpc) is 3.40. The van der Waals surface area contributed by atoms with Crippen LogP contribution in [-0.4, -0.2) is 40.9 Å². The van der Waals surface area contributed by atoms with Crippen molar-refractivity contribution in [3.05, 3.63) is 42.2 Å². The van der Waals surface area contributed by atoms with Crippen molar-refractivity contribution in [3.8, 4) is 5.75 Å². The van der Waals surface area contributed by atoms with Gasteiger partial charge in [0.15, 0.2) is 0 Å². The molecule has 3 aliphatic rings. The number of anilines is 1. The molecule has 4 atom stereocenters. The second kappa shape index (κ2) is 5.67. The van der Waals surface area contributed by atoms with E-state index in [0.29, 0.717) is 12.2 Å². The predicted octanol–water partition coefficient (Wildman–Crippen LogP) is 1.61. The maximum atomic E-state index is 12.8. The Bertz CT molecular complexity index is 864. The maximum Gasteiger partial charge on any atom is 0.240 e. The van der Waals surface area contributed by atoms with Gasteiger partial charge in [0.1, 0.15) is 5.75 Å². The summed E-state index contributed by atoms with van der Waals surface area (Å²) in [6.07, 6.45) is 4.87. The van der Waals surface area contributed by atoms with Gasteiger partial charge in [-0.1, -0.05) is 12.1 Å². The minimum Gasteiger partial charge on any atom is -0.497 e. The van der Waals surface area contributed by atoms with E-state index < -0.39 is 0 Å². The van der Waals surface area contributed by atoms with Crippen molar-refractivity contribution in [1.29, 1.82) is 0 Å². The van der Waals surface area contributed by atoms with E-state index in [-0.39, 0.29) is 35.9 Å². The number of imide groups is 1. The normalized spacial score (nSPS) is 29.5. The van der Waals surface area contributed by atoms with Crippen molar-refractivity contribution in [2.45, 2.75) is 31.6 Å². The minimum absolute atomic E-state index is 0.0988. The molecule has 0 N–H and O–H groups in total. The molecule has 26 heavy (non-hydrogen) atoms. The zero-order valence-corrected chi connectivity index (χ0v) is 14.4. The number of hydrogen-bond acceptors (Lipinski definition) is 5. The second-order valence-corrected chi connectivity index (χ2v) is 7.10. The van der Waals surface area contributed by atoms with E-state index in [2.05, 4.69) is 5.10 Å². The number of benzene rings is 1. The first-order valence-corrected chi connectivity index (χ1v) is 8.84. The lowest BCUT2D eigenvalue weighted by Gasteiger charge is -2.15. The van der Waals surface area contributed by atoms with Crippen LogP contribution in [0.4, 0.5) is 5.69 Å². The van der Waals surface area contributed by atoms with Crippen molar-refractivity contribution >= 4 is 17.5 Å². The third-order valence-corrected chi connectivity index (χ3v) is 5.64. The highest BCUT2D eigenvalue weighted by Gasteiger charge is 2.62. The van der Waals surface area contributed by atoms with Crippen LogP contribution in [0.3, 0.4) is 0 Å². The van der Waals surface area contributed by atoms with Crippen molar-refractivity contribution in [3.63, 3.8) is 0 Å². The van der Waals surface area contributed by atoms with E-state index in [1.165, 1.54) is 4.90 Å². The maximum absolute atomic E-state index is 12.8. The first-order valence-electron chi connectivity index (χ1n) is 8.84. The fraction of sp³-hybridized carbons (Fsp3) is 0.421. The number of amides is 2. The molecule has 0 spiro atoms. The summed E-state index contributed by atoms with van der Waals surface area (Å²) in [5, 5.41) is 4.33. The summed E-state index contributed by atoms with van der Waals surface area (Å²) in [6.45, 7) is 0.536. The van der Waals surface area contributed by atoms with Gasteiger partial charge in [0.2, 0.25) is 11.8 Å². The Balaban J connectivity index is 1.38. The van der Waals surface area contributed by atoms with Crippen molar-refractivity contribution in [2.24, 2.45) is 11.8 Å². The first kappa shape index (κ1) is 15.6. The Morgan fingerprint density at radius 3 is 2.62 bits per heavy atom. The van der Waals surface area contributed by atoms with Gasteiger partial charge in [0.05, 0.1) is 49.6 Å². The summed E-state index contributed by atoms with van der Waals surface area (Å²) in [6, 6.07) is 7.72. The molecule has 2 aromatic rings. The zero-order valence-electron chi connectivity index (χ0n) is 14.4. The number of fused-ring (bicyclic) bond motifs is 5. The number of carbonyl (C=O) groups excluding carboxylic acids is 2. The number of carbonyl (C=O) groups is 2. The van der Waals surface area contributed by atoms with E-state index in [1.807, 2.05) is 24.3 Å². The zero-order chi connectivity index (χ0) is 17.8. The van der Waals surface area contributed by atoms with Crippen LogP contribution in [0.25, 0.3) is 0 Å². The van der Waals surface area contributed by atoms with Crippen molar-refractivity contribution in [2.75, 3.05) is 12.0 Å². The van der Waals surface area contributed by atoms with E-state index in [4.69, 9.17) is 9.47 Å². The summed E-state index contributed by atoms with van der Waals surface area (Å²) in [7, 11) is 1.63. The van der Waals surface area contributed by atoms with Crippen LogP contribution in [0.15, 0.2) is 36.7 Å². The van der Waals surface area contributed by atoms with E-state index in [0.717, 1.165) is 24.2 Å². The molecule has 134 valence electrons. The van der Waals surface area contributed by atoms with Crippen LogP contribution in [0, 0.1) is 11.8 Å². The highest BCUT2D eigenvalue weighted by Crippen LogP contribution is 2.49. The van der Waals surface area contributed by atoms with E-state index in [9.17, 15) is 9.59 Å². The molecule has 5 rings (SSSR count). The summed E-state index contributed by atoms with van der Waals surface area (Å²) in [5.41, 5.74) is 1.57. The summed E-state index contributed by atoms with van der Waals surface area (Å²) >= 11 is 0. The average molecular weight is 353 g/mol. The van der Waals surface area contributed by atoms with E-state index in [1.54, 1.807) is 24.2 Å². The molecule has 2 bridgehead atoms. The Labute approximate surface area is 150 Å². The molecule has 7 nitrogen and oxygen atoms in total. The lowest BCUT2D eigenvalue weighted by molar-refractivity contribution is -0.124. The third-order valence-electron chi connectivity index (χ3n) is 5.64. The van der Waals surface area contributed by atoms with Crippen molar-refractivity contribution < 1.29 is 19.1 Å². The van der Waals surface area contributed by atoms with Gasteiger partial charge in [-0.15, -0.1) is 0 Å². The molecule has 0 radical (unpaired) electrons. The number of hydrogen-bond donors (Lipinski definition) is 0. The standard InChI is InChI=1S/C19H19N3O4/c1-25-13-4-2-3-11(7-13)9-21-10-12(8-20-21)22-18(23)16-14-5-6-15(26-14)17(16)19(22)24/h2-4,7-8,10,14-17H,5-6,9H2,1H3/t14-,15-,16-,17+/m1/s1. The third kappa shape index (κ3) is 2.20. The Hall–Kier alpha value is -2.67. The predicted molar refractivity (Wildman–Crippen MR) is 91.7 cm³/mol. The highest BCUT2D eigenvalue weighted by atomic mass is 16.5. The lowest BCUT2D eigenvalue weighted by atomic mass is 9.81. The monoisotopic (exact) mass is 353 g/mol. The number of aromatic nitrogens is 2. The van der Waals surface area contributed by atoms with Gasteiger partial charge in [-0.3, -0.25) is 14.3 Å². The molecule has 0 unspecified atom stereocenters. The Morgan fingerprint density at radius 2 is 1.92 bits per heavy atom. The van der Waals surface area contributed by atoms with Crippen molar-refractivity contribution in [1.82, 2.24) is 9.78 Å². The molecular weight excluding hydrogens is 334 g/mol.